The van der Waals surface area contributed by atoms with E-state index in [1.807, 2.05) is 6.07 Å². The summed E-state index contributed by atoms with van der Waals surface area (Å²) in [6, 6.07) is 10.9. The molecule has 2 atom stereocenters. The maximum atomic E-state index is 12.2. The fourth-order valence-corrected chi connectivity index (χ4v) is 3.46. The van der Waals surface area contributed by atoms with E-state index in [0.29, 0.717) is 18.4 Å². The van der Waals surface area contributed by atoms with Crippen LogP contribution in [0.15, 0.2) is 30.3 Å². The van der Waals surface area contributed by atoms with Crippen molar-refractivity contribution >= 4 is 5.91 Å². The zero-order valence-electron chi connectivity index (χ0n) is 16.2. The first-order valence-electron chi connectivity index (χ1n) is 9.85. The average molecular weight is 346 g/mol. The summed E-state index contributed by atoms with van der Waals surface area (Å²) in [7, 11) is 0. The van der Waals surface area contributed by atoms with Gasteiger partial charge in [0.05, 0.1) is 0 Å². The number of benzene rings is 1. The molecule has 1 heterocycles. The predicted molar refractivity (Wildman–Crippen MR) is 105 cm³/mol. The van der Waals surface area contributed by atoms with Gasteiger partial charge in [-0.05, 0) is 37.8 Å². The Hall–Kier alpha value is -1.39. The normalized spacial score (nSPS) is 18.7. The second kappa shape index (κ2) is 10.6. The molecular weight excluding hydrogens is 310 g/mol. The first-order valence-corrected chi connectivity index (χ1v) is 9.85. The Balaban J connectivity index is 1.61. The first-order chi connectivity index (χ1) is 12.1. The van der Waals surface area contributed by atoms with Gasteiger partial charge in [0.15, 0.2) is 0 Å². The van der Waals surface area contributed by atoms with E-state index in [-0.39, 0.29) is 5.91 Å². The smallest absolute Gasteiger partial charge is 0.220 e. The fraction of sp³-hybridized carbons (Fsp3) is 0.667. The molecule has 1 N–H and O–H groups in total. The van der Waals surface area contributed by atoms with Crippen molar-refractivity contribution in [2.45, 2.75) is 46.1 Å². The van der Waals surface area contributed by atoms with E-state index < -0.39 is 0 Å². The molecule has 1 aromatic carbocycles. The van der Waals surface area contributed by atoms with Crippen LogP contribution in [0.1, 0.15) is 39.2 Å². The minimum absolute atomic E-state index is 0.194. The number of amides is 1. The molecule has 1 amide bonds. The largest absolute Gasteiger partial charge is 0.355 e. The Labute approximate surface area is 153 Å². The molecule has 1 aliphatic rings. The molecule has 0 spiro atoms. The number of carbonyl (C=O) groups excluding carboxylic acids is 1. The molecule has 0 aliphatic carbocycles. The van der Waals surface area contributed by atoms with E-state index in [4.69, 9.17) is 0 Å². The fourth-order valence-electron chi connectivity index (χ4n) is 3.46. The second-order valence-electron chi connectivity index (χ2n) is 7.46. The summed E-state index contributed by atoms with van der Waals surface area (Å²) in [4.78, 5) is 17.2. The molecule has 1 aromatic rings. The van der Waals surface area contributed by atoms with Gasteiger partial charge in [-0.3, -0.25) is 9.69 Å². The molecule has 1 saturated heterocycles. The second-order valence-corrected chi connectivity index (χ2v) is 7.46. The number of aryl methyl sites for hydroxylation is 1. The Morgan fingerprint density at radius 2 is 1.80 bits per heavy atom. The van der Waals surface area contributed by atoms with E-state index in [9.17, 15) is 4.79 Å². The van der Waals surface area contributed by atoms with Crippen molar-refractivity contribution in [2.24, 2.45) is 5.92 Å². The third-order valence-corrected chi connectivity index (χ3v) is 5.37. The standard InChI is InChI=1S/C21H35N3O/c1-4-23-12-14-24(15-13-23)19(3)17-22-21(25)16-18(2)10-11-20-8-6-5-7-9-20/h5-9,18-19H,4,10-17H2,1-3H3,(H,22,25)/t18-,19-/m0/s1. The minimum atomic E-state index is 0.194. The molecule has 0 bridgehead atoms. The minimum Gasteiger partial charge on any atom is -0.355 e. The van der Waals surface area contributed by atoms with Crippen LogP contribution in [0.2, 0.25) is 0 Å². The zero-order chi connectivity index (χ0) is 18.1. The molecule has 4 nitrogen and oxygen atoms in total. The van der Waals surface area contributed by atoms with Crippen LogP contribution in [0, 0.1) is 5.92 Å². The van der Waals surface area contributed by atoms with Gasteiger partial charge in [0.1, 0.15) is 0 Å². The predicted octanol–water partition coefficient (Wildman–Crippen LogP) is 2.79. The van der Waals surface area contributed by atoms with Gasteiger partial charge in [0.2, 0.25) is 5.91 Å². The lowest BCUT2D eigenvalue weighted by molar-refractivity contribution is -0.122. The van der Waals surface area contributed by atoms with Gasteiger partial charge in [-0.2, -0.15) is 0 Å². The molecule has 0 radical (unpaired) electrons. The van der Waals surface area contributed by atoms with Crippen LogP contribution >= 0.6 is 0 Å². The van der Waals surface area contributed by atoms with Gasteiger partial charge in [-0.1, -0.05) is 44.2 Å². The molecule has 2 rings (SSSR count). The first kappa shape index (κ1) is 19.9. The molecule has 0 unspecified atom stereocenters. The highest BCUT2D eigenvalue weighted by Gasteiger charge is 2.20. The number of hydrogen-bond acceptors (Lipinski definition) is 3. The van der Waals surface area contributed by atoms with Crippen molar-refractivity contribution in [2.75, 3.05) is 39.3 Å². The number of likely N-dealkylation sites (N-methyl/N-ethyl adjacent to an activating group) is 1. The molecular formula is C21H35N3O. The summed E-state index contributed by atoms with van der Waals surface area (Å²) in [6.45, 7) is 13.0. The lowest BCUT2D eigenvalue weighted by Gasteiger charge is -2.37. The Kier molecular flexibility index (Phi) is 8.42. The summed E-state index contributed by atoms with van der Waals surface area (Å²) in [5, 5.41) is 3.14. The van der Waals surface area contributed by atoms with E-state index in [2.05, 4.69) is 60.2 Å². The summed E-state index contributed by atoms with van der Waals surface area (Å²) < 4.78 is 0. The van der Waals surface area contributed by atoms with Crippen molar-refractivity contribution in [1.82, 2.24) is 15.1 Å². The van der Waals surface area contributed by atoms with E-state index in [1.54, 1.807) is 0 Å². The highest BCUT2D eigenvalue weighted by Crippen LogP contribution is 2.13. The molecule has 0 saturated carbocycles. The number of hydrogen-bond donors (Lipinski definition) is 1. The third kappa shape index (κ3) is 7.17. The van der Waals surface area contributed by atoms with Crippen molar-refractivity contribution in [1.29, 1.82) is 0 Å². The van der Waals surface area contributed by atoms with Crippen molar-refractivity contribution in [3.05, 3.63) is 35.9 Å². The van der Waals surface area contributed by atoms with Gasteiger partial charge in [-0.15, -0.1) is 0 Å². The van der Waals surface area contributed by atoms with Crippen LogP contribution in [0.25, 0.3) is 0 Å². The number of rotatable bonds is 9. The summed E-state index contributed by atoms with van der Waals surface area (Å²) in [5.74, 6) is 0.614. The SMILES string of the molecule is CCN1CCN([C@@H](C)CNC(=O)C[C@@H](C)CCc2ccccc2)CC1. The number of nitrogens with zero attached hydrogens (tertiary/aromatic N) is 2. The highest BCUT2D eigenvalue weighted by molar-refractivity contribution is 5.76. The maximum Gasteiger partial charge on any atom is 0.220 e. The highest BCUT2D eigenvalue weighted by atomic mass is 16.1. The molecule has 1 fully saturated rings. The van der Waals surface area contributed by atoms with Crippen LogP contribution in [0.5, 0.6) is 0 Å². The Morgan fingerprint density at radius 3 is 2.44 bits per heavy atom. The lowest BCUT2D eigenvalue weighted by Crippen LogP contribution is -2.52. The van der Waals surface area contributed by atoms with Crippen molar-refractivity contribution < 1.29 is 4.79 Å². The van der Waals surface area contributed by atoms with Gasteiger partial charge in [0, 0.05) is 45.2 Å². The number of piperazine rings is 1. The van der Waals surface area contributed by atoms with Crippen LogP contribution in [-0.4, -0.2) is 61.0 Å². The van der Waals surface area contributed by atoms with Crippen LogP contribution < -0.4 is 5.32 Å². The van der Waals surface area contributed by atoms with Gasteiger partial charge < -0.3 is 10.2 Å². The molecule has 1 aliphatic heterocycles. The summed E-state index contributed by atoms with van der Waals surface area (Å²) in [5.41, 5.74) is 1.36. The summed E-state index contributed by atoms with van der Waals surface area (Å²) in [6.07, 6.45) is 2.74. The lowest BCUT2D eigenvalue weighted by atomic mass is 9.98. The monoisotopic (exact) mass is 345 g/mol. The van der Waals surface area contributed by atoms with Crippen molar-refractivity contribution in [3.8, 4) is 0 Å². The number of nitrogens with one attached hydrogen (secondary N) is 1. The Bertz CT molecular complexity index is 497. The van der Waals surface area contributed by atoms with Gasteiger partial charge in [0.25, 0.3) is 0 Å². The van der Waals surface area contributed by atoms with Gasteiger partial charge in [-0.25, -0.2) is 0 Å². The molecule has 0 aromatic heterocycles. The topological polar surface area (TPSA) is 35.6 Å². The zero-order valence-corrected chi connectivity index (χ0v) is 16.2. The van der Waals surface area contributed by atoms with E-state index in [0.717, 1.165) is 52.1 Å². The number of carbonyl (C=O) groups is 1. The summed E-state index contributed by atoms with van der Waals surface area (Å²) >= 11 is 0. The van der Waals surface area contributed by atoms with Crippen molar-refractivity contribution in [3.63, 3.8) is 0 Å². The Morgan fingerprint density at radius 1 is 1.12 bits per heavy atom. The van der Waals surface area contributed by atoms with E-state index in [1.165, 1.54) is 5.56 Å². The molecule has 4 heteroatoms. The molecule has 25 heavy (non-hydrogen) atoms. The van der Waals surface area contributed by atoms with Crippen LogP contribution in [0.3, 0.4) is 0 Å². The molecule has 140 valence electrons. The van der Waals surface area contributed by atoms with Crippen LogP contribution in [0.4, 0.5) is 0 Å². The van der Waals surface area contributed by atoms with E-state index >= 15 is 0 Å². The van der Waals surface area contributed by atoms with Crippen LogP contribution in [-0.2, 0) is 11.2 Å². The average Bonchev–Trinajstić information content (AvgIpc) is 2.65. The quantitative estimate of drug-likeness (QED) is 0.747. The van der Waals surface area contributed by atoms with Gasteiger partial charge >= 0.3 is 0 Å². The maximum absolute atomic E-state index is 12.2. The third-order valence-electron chi connectivity index (χ3n) is 5.37.